The number of methoxy groups -OCH3 is 2. The van der Waals surface area contributed by atoms with Crippen LogP contribution in [0.4, 0.5) is 0 Å². The van der Waals surface area contributed by atoms with E-state index in [1.165, 1.54) is 0 Å². The van der Waals surface area contributed by atoms with E-state index in [1.54, 1.807) is 14.2 Å². The molecule has 0 saturated carbocycles. The molecule has 0 saturated heterocycles. The number of aliphatic hydroxyl groups is 1. The van der Waals surface area contributed by atoms with Gasteiger partial charge in [-0.1, -0.05) is 6.42 Å². The fourth-order valence-electron chi connectivity index (χ4n) is 0.932. The number of ether oxygens (including phenoxy) is 2. The van der Waals surface area contributed by atoms with Gasteiger partial charge in [0.05, 0.1) is 0 Å². The lowest BCUT2D eigenvalue weighted by Gasteiger charge is -2.12. The van der Waals surface area contributed by atoms with Crippen molar-refractivity contribution < 1.29 is 14.6 Å². The van der Waals surface area contributed by atoms with Crippen molar-refractivity contribution in [1.82, 2.24) is 0 Å². The zero-order valence-corrected chi connectivity index (χ0v) is 7.38. The summed E-state index contributed by atoms with van der Waals surface area (Å²) in [5.41, 5.74) is 0. The fourth-order valence-corrected chi connectivity index (χ4v) is 0.932. The first kappa shape index (κ1) is 10.9. The van der Waals surface area contributed by atoms with Crippen molar-refractivity contribution in [2.45, 2.75) is 32.0 Å². The minimum Gasteiger partial charge on any atom is -0.396 e. The third-order valence-electron chi connectivity index (χ3n) is 1.62. The number of unbranched alkanes of at least 4 members (excludes halogenated alkanes) is 2. The zero-order chi connectivity index (χ0) is 8.53. The van der Waals surface area contributed by atoms with Gasteiger partial charge in [-0.05, 0) is 19.3 Å². The largest absolute Gasteiger partial charge is 0.396 e. The summed E-state index contributed by atoms with van der Waals surface area (Å²) >= 11 is 0. The molecular formula is C8H18O3. The molecule has 0 aromatic heterocycles. The lowest BCUT2D eigenvalue weighted by atomic mass is 10.2. The standard InChI is InChI=1S/C8H18O3/c1-10-8(11-2)6-4-3-5-7-9/h8-9H,3-7H2,1-2H3. The molecule has 0 amide bonds. The topological polar surface area (TPSA) is 38.7 Å². The second-order valence-electron chi connectivity index (χ2n) is 2.47. The minimum absolute atomic E-state index is 0.0753. The smallest absolute Gasteiger partial charge is 0.156 e. The first-order chi connectivity index (χ1) is 5.35. The van der Waals surface area contributed by atoms with E-state index in [-0.39, 0.29) is 12.9 Å². The molecular weight excluding hydrogens is 144 g/mol. The number of hydrogen-bond acceptors (Lipinski definition) is 3. The Morgan fingerprint density at radius 3 is 2.18 bits per heavy atom. The molecule has 0 atom stereocenters. The summed E-state index contributed by atoms with van der Waals surface area (Å²) in [4.78, 5) is 0. The average molecular weight is 162 g/mol. The Bertz CT molecular complexity index is 71.7. The van der Waals surface area contributed by atoms with Crippen molar-refractivity contribution in [3.05, 3.63) is 0 Å². The Morgan fingerprint density at radius 1 is 1.09 bits per heavy atom. The highest BCUT2D eigenvalue weighted by atomic mass is 16.7. The van der Waals surface area contributed by atoms with Crippen LogP contribution in [0.1, 0.15) is 25.7 Å². The predicted octanol–water partition coefficient (Wildman–Crippen LogP) is 1.16. The van der Waals surface area contributed by atoms with Gasteiger partial charge in [0.2, 0.25) is 0 Å². The maximum absolute atomic E-state index is 8.48. The van der Waals surface area contributed by atoms with E-state index in [0.29, 0.717) is 0 Å². The van der Waals surface area contributed by atoms with E-state index >= 15 is 0 Å². The van der Waals surface area contributed by atoms with E-state index in [2.05, 4.69) is 0 Å². The predicted molar refractivity (Wildman–Crippen MR) is 43.4 cm³/mol. The third kappa shape index (κ3) is 6.28. The highest BCUT2D eigenvalue weighted by Gasteiger charge is 2.02. The molecule has 0 bridgehead atoms. The van der Waals surface area contributed by atoms with Crippen LogP contribution in [-0.2, 0) is 9.47 Å². The first-order valence-corrected chi connectivity index (χ1v) is 4.01. The lowest BCUT2D eigenvalue weighted by Crippen LogP contribution is -2.12. The van der Waals surface area contributed by atoms with Gasteiger partial charge in [-0.3, -0.25) is 0 Å². The average Bonchev–Trinajstić information content (AvgIpc) is 2.05. The van der Waals surface area contributed by atoms with Gasteiger partial charge in [-0.2, -0.15) is 0 Å². The Hall–Kier alpha value is -0.120. The molecule has 0 fully saturated rings. The molecule has 0 radical (unpaired) electrons. The highest BCUT2D eigenvalue weighted by molar-refractivity contribution is 4.45. The van der Waals surface area contributed by atoms with Gasteiger partial charge in [-0.15, -0.1) is 0 Å². The fraction of sp³-hybridized carbons (Fsp3) is 1.00. The van der Waals surface area contributed by atoms with Gasteiger partial charge in [0.15, 0.2) is 6.29 Å². The molecule has 0 aromatic rings. The van der Waals surface area contributed by atoms with Crippen molar-refractivity contribution in [1.29, 1.82) is 0 Å². The molecule has 0 aliphatic heterocycles. The van der Waals surface area contributed by atoms with E-state index in [4.69, 9.17) is 14.6 Å². The molecule has 0 aliphatic carbocycles. The normalized spacial score (nSPS) is 10.9. The van der Waals surface area contributed by atoms with Crippen molar-refractivity contribution in [3.63, 3.8) is 0 Å². The van der Waals surface area contributed by atoms with Crippen LogP contribution in [0.2, 0.25) is 0 Å². The Labute approximate surface area is 68.3 Å². The van der Waals surface area contributed by atoms with Crippen LogP contribution in [0.15, 0.2) is 0 Å². The summed E-state index contributed by atoms with van der Waals surface area (Å²) < 4.78 is 9.99. The first-order valence-electron chi connectivity index (χ1n) is 4.01. The summed E-state index contributed by atoms with van der Waals surface area (Å²) in [6, 6.07) is 0. The van der Waals surface area contributed by atoms with Crippen LogP contribution in [0.5, 0.6) is 0 Å². The monoisotopic (exact) mass is 162 g/mol. The molecule has 0 aliphatic rings. The molecule has 0 aromatic carbocycles. The van der Waals surface area contributed by atoms with Crippen LogP contribution in [0.3, 0.4) is 0 Å². The SMILES string of the molecule is COC(CCCCCO)OC. The van der Waals surface area contributed by atoms with E-state index in [9.17, 15) is 0 Å². The van der Waals surface area contributed by atoms with Gasteiger partial charge in [0.25, 0.3) is 0 Å². The summed E-state index contributed by atoms with van der Waals surface area (Å²) in [6.45, 7) is 0.282. The van der Waals surface area contributed by atoms with Crippen LogP contribution < -0.4 is 0 Å². The quantitative estimate of drug-likeness (QED) is 0.451. The molecule has 3 nitrogen and oxygen atoms in total. The maximum atomic E-state index is 8.48. The van der Waals surface area contributed by atoms with E-state index in [0.717, 1.165) is 25.7 Å². The molecule has 68 valence electrons. The van der Waals surface area contributed by atoms with E-state index in [1.807, 2.05) is 0 Å². The van der Waals surface area contributed by atoms with E-state index < -0.39 is 0 Å². The third-order valence-corrected chi connectivity index (χ3v) is 1.62. The lowest BCUT2D eigenvalue weighted by molar-refractivity contribution is -0.107. The van der Waals surface area contributed by atoms with Crippen molar-refractivity contribution >= 4 is 0 Å². The maximum Gasteiger partial charge on any atom is 0.156 e. The second-order valence-corrected chi connectivity index (χ2v) is 2.47. The van der Waals surface area contributed by atoms with Gasteiger partial charge >= 0.3 is 0 Å². The molecule has 0 spiro atoms. The van der Waals surface area contributed by atoms with Crippen LogP contribution in [-0.4, -0.2) is 32.2 Å². The molecule has 11 heavy (non-hydrogen) atoms. The highest BCUT2D eigenvalue weighted by Crippen LogP contribution is 2.05. The van der Waals surface area contributed by atoms with Gasteiger partial charge < -0.3 is 14.6 Å². The number of rotatable bonds is 7. The summed E-state index contributed by atoms with van der Waals surface area (Å²) in [5.74, 6) is 0. The Morgan fingerprint density at radius 2 is 1.73 bits per heavy atom. The van der Waals surface area contributed by atoms with Gasteiger partial charge in [0, 0.05) is 20.8 Å². The second kappa shape index (κ2) is 7.98. The van der Waals surface area contributed by atoms with Crippen molar-refractivity contribution in [2.24, 2.45) is 0 Å². The molecule has 0 heterocycles. The van der Waals surface area contributed by atoms with Crippen LogP contribution >= 0.6 is 0 Å². The summed E-state index contributed by atoms with van der Waals surface area (Å²) in [5, 5.41) is 8.48. The van der Waals surface area contributed by atoms with Gasteiger partial charge in [0.1, 0.15) is 0 Å². The molecule has 3 heteroatoms. The molecule has 0 unspecified atom stereocenters. The minimum atomic E-state index is -0.0753. The van der Waals surface area contributed by atoms with Crippen LogP contribution in [0, 0.1) is 0 Å². The molecule has 0 rings (SSSR count). The summed E-state index contributed by atoms with van der Waals surface area (Å²) in [7, 11) is 3.28. The van der Waals surface area contributed by atoms with Crippen molar-refractivity contribution in [3.8, 4) is 0 Å². The van der Waals surface area contributed by atoms with Crippen LogP contribution in [0.25, 0.3) is 0 Å². The molecule has 1 N–H and O–H groups in total. The summed E-state index contributed by atoms with van der Waals surface area (Å²) in [6.07, 6.45) is 3.80. The Kier molecular flexibility index (Phi) is 7.89. The van der Waals surface area contributed by atoms with Gasteiger partial charge in [-0.25, -0.2) is 0 Å². The zero-order valence-electron chi connectivity index (χ0n) is 7.38. The van der Waals surface area contributed by atoms with Crippen molar-refractivity contribution in [2.75, 3.05) is 20.8 Å². The number of hydrogen-bond donors (Lipinski definition) is 1. The Balaban J connectivity index is 3.07. The number of aliphatic hydroxyl groups excluding tert-OH is 1.